The Morgan fingerprint density at radius 3 is 2.82 bits per heavy atom. The number of aryl methyl sites for hydroxylation is 1. The van der Waals surface area contributed by atoms with Gasteiger partial charge in [0.05, 0.1) is 12.6 Å². The van der Waals surface area contributed by atoms with Gasteiger partial charge in [-0.15, -0.1) is 0 Å². The summed E-state index contributed by atoms with van der Waals surface area (Å²) in [5.41, 5.74) is 2.40. The van der Waals surface area contributed by atoms with Crippen LogP contribution in [-0.4, -0.2) is 35.7 Å². The molecule has 2 N–H and O–H groups in total. The largest absolute Gasteiger partial charge is 0.373 e. The molecule has 152 valence electrons. The molecule has 1 aliphatic heterocycles. The summed E-state index contributed by atoms with van der Waals surface area (Å²) in [4.78, 5) is 8.16. The van der Waals surface area contributed by atoms with Crippen LogP contribution in [0.25, 0.3) is 0 Å². The highest BCUT2D eigenvalue weighted by Crippen LogP contribution is 2.33. The standard InChI is InChI=1S/C20H27F2N5O/c1-14-5-7-15(8-6-14)18-16(4-3-11-28-18)12-25-20(23-2)26-13-17-24-9-10-27(17)19(21)22/h5-10,16,18-19H,3-4,11-13H2,1-2H3,(H2,23,25,26). The molecule has 0 radical (unpaired) electrons. The second kappa shape index (κ2) is 9.64. The van der Waals surface area contributed by atoms with E-state index in [2.05, 4.69) is 51.8 Å². The number of hydrogen-bond donors (Lipinski definition) is 2. The first-order valence-corrected chi connectivity index (χ1v) is 9.51. The Bertz CT molecular complexity index is 775. The molecule has 1 saturated heterocycles. The lowest BCUT2D eigenvalue weighted by molar-refractivity contribution is -0.0265. The van der Waals surface area contributed by atoms with Crippen molar-refractivity contribution in [1.82, 2.24) is 20.2 Å². The van der Waals surface area contributed by atoms with Gasteiger partial charge in [0.25, 0.3) is 0 Å². The number of alkyl halides is 2. The number of guanidine groups is 1. The average Bonchev–Trinajstić information content (AvgIpc) is 3.18. The van der Waals surface area contributed by atoms with Crippen molar-refractivity contribution >= 4 is 5.96 Å². The molecule has 1 aromatic carbocycles. The van der Waals surface area contributed by atoms with Crippen LogP contribution in [0, 0.1) is 12.8 Å². The number of halogens is 2. The Labute approximate surface area is 164 Å². The van der Waals surface area contributed by atoms with Crippen LogP contribution in [-0.2, 0) is 11.3 Å². The Balaban J connectivity index is 1.57. The molecule has 2 atom stereocenters. The second-order valence-corrected chi connectivity index (χ2v) is 6.94. The van der Waals surface area contributed by atoms with Gasteiger partial charge in [0.1, 0.15) is 5.82 Å². The maximum absolute atomic E-state index is 12.9. The minimum atomic E-state index is -2.61. The zero-order valence-electron chi connectivity index (χ0n) is 16.2. The first kappa shape index (κ1) is 20.3. The monoisotopic (exact) mass is 391 g/mol. The van der Waals surface area contributed by atoms with Gasteiger partial charge in [-0.3, -0.25) is 9.56 Å². The highest BCUT2D eigenvalue weighted by Gasteiger charge is 2.27. The molecule has 0 bridgehead atoms. The predicted molar refractivity (Wildman–Crippen MR) is 104 cm³/mol. The van der Waals surface area contributed by atoms with Crippen molar-refractivity contribution < 1.29 is 13.5 Å². The Kier molecular flexibility index (Phi) is 6.97. The number of nitrogens with zero attached hydrogens (tertiary/aromatic N) is 3. The number of hydrogen-bond acceptors (Lipinski definition) is 3. The molecule has 0 amide bonds. The SMILES string of the molecule is CN=C(NCc1nccn1C(F)F)NCC1CCCOC1c1ccc(C)cc1. The van der Waals surface area contributed by atoms with Gasteiger partial charge in [-0.1, -0.05) is 29.8 Å². The molecule has 1 fully saturated rings. The summed E-state index contributed by atoms with van der Waals surface area (Å²) in [6, 6.07) is 8.44. The van der Waals surface area contributed by atoms with Crippen LogP contribution < -0.4 is 10.6 Å². The van der Waals surface area contributed by atoms with Gasteiger partial charge >= 0.3 is 6.55 Å². The maximum atomic E-state index is 12.9. The van der Waals surface area contributed by atoms with Crippen LogP contribution in [0.3, 0.4) is 0 Å². The van der Waals surface area contributed by atoms with Crippen molar-refractivity contribution in [3.05, 3.63) is 53.6 Å². The molecule has 28 heavy (non-hydrogen) atoms. The van der Waals surface area contributed by atoms with E-state index in [1.807, 2.05) is 0 Å². The van der Waals surface area contributed by atoms with Gasteiger partial charge in [-0.25, -0.2) is 4.98 Å². The van der Waals surface area contributed by atoms with Gasteiger partial charge in [-0.05, 0) is 25.3 Å². The van der Waals surface area contributed by atoms with Gasteiger partial charge in [-0.2, -0.15) is 8.78 Å². The Morgan fingerprint density at radius 2 is 2.11 bits per heavy atom. The summed E-state index contributed by atoms with van der Waals surface area (Å²) in [6.07, 6.45) is 4.75. The molecule has 0 saturated carbocycles. The molecule has 2 heterocycles. The molecule has 1 aromatic heterocycles. The minimum absolute atomic E-state index is 0.0395. The van der Waals surface area contributed by atoms with E-state index in [1.165, 1.54) is 23.5 Å². The first-order chi connectivity index (χ1) is 13.6. The lowest BCUT2D eigenvalue weighted by Crippen LogP contribution is -2.42. The average molecular weight is 391 g/mol. The Hall–Kier alpha value is -2.48. The highest BCUT2D eigenvalue weighted by molar-refractivity contribution is 5.79. The molecule has 3 rings (SSSR count). The normalized spacial score (nSPS) is 20.4. The summed E-state index contributed by atoms with van der Waals surface area (Å²) in [5, 5.41) is 6.35. The molecule has 2 aromatic rings. The zero-order chi connectivity index (χ0) is 19.9. The first-order valence-electron chi connectivity index (χ1n) is 9.51. The Morgan fingerprint density at radius 1 is 1.32 bits per heavy atom. The lowest BCUT2D eigenvalue weighted by Gasteiger charge is -2.32. The fourth-order valence-corrected chi connectivity index (χ4v) is 3.45. The number of aromatic nitrogens is 2. The molecule has 0 aliphatic carbocycles. The van der Waals surface area contributed by atoms with E-state index in [-0.39, 0.29) is 18.5 Å². The third-order valence-electron chi connectivity index (χ3n) is 4.98. The summed E-state index contributed by atoms with van der Waals surface area (Å²) in [5.74, 6) is 1.12. The lowest BCUT2D eigenvalue weighted by atomic mass is 9.89. The van der Waals surface area contributed by atoms with Crippen molar-refractivity contribution in [2.24, 2.45) is 10.9 Å². The smallest absolute Gasteiger partial charge is 0.319 e. The quantitative estimate of drug-likeness (QED) is 0.585. The third-order valence-corrected chi connectivity index (χ3v) is 4.98. The fourth-order valence-electron chi connectivity index (χ4n) is 3.45. The van der Waals surface area contributed by atoms with Crippen LogP contribution in [0.2, 0.25) is 0 Å². The molecular weight excluding hydrogens is 364 g/mol. The number of benzene rings is 1. The number of ether oxygens (including phenoxy) is 1. The van der Waals surface area contributed by atoms with Gasteiger partial charge in [0.15, 0.2) is 5.96 Å². The van der Waals surface area contributed by atoms with E-state index >= 15 is 0 Å². The molecule has 6 nitrogen and oxygen atoms in total. The molecule has 8 heteroatoms. The summed E-state index contributed by atoms with van der Waals surface area (Å²) in [6.45, 7) is 1.07. The molecular formula is C20H27F2N5O. The highest BCUT2D eigenvalue weighted by atomic mass is 19.3. The second-order valence-electron chi connectivity index (χ2n) is 6.94. The number of rotatable bonds is 6. The van der Waals surface area contributed by atoms with E-state index in [0.29, 0.717) is 18.4 Å². The van der Waals surface area contributed by atoms with Gasteiger partial charge < -0.3 is 15.4 Å². The van der Waals surface area contributed by atoms with Crippen LogP contribution in [0.1, 0.15) is 42.4 Å². The van der Waals surface area contributed by atoms with E-state index in [1.54, 1.807) is 7.05 Å². The van der Waals surface area contributed by atoms with Crippen molar-refractivity contribution in [2.45, 2.75) is 39.0 Å². The van der Waals surface area contributed by atoms with Crippen molar-refractivity contribution in [2.75, 3.05) is 20.2 Å². The number of aliphatic imine (C=N–C) groups is 1. The molecule has 2 unspecified atom stereocenters. The number of imidazole rings is 1. The van der Waals surface area contributed by atoms with E-state index in [9.17, 15) is 8.78 Å². The minimum Gasteiger partial charge on any atom is -0.373 e. The van der Waals surface area contributed by atoms with Crippen LogP contribution >= 0.6 is 0 Å². The van der Waals surface area contributed by atoms with E-state index < -0.39 is 6.55 Å². The summed E-state index contributed by atoms with van der Waals surface area (Å²) in [7, 11) is 1.66. The fraction of sp³-hybridized carbons (Fsp3) is 0.500. The van der Waals surface area contributed by atoms with Crippen LogP contribution in [0.15, 0.2) is 41.7 Å². The zero-order valence-corrected chi connectivity index (χ0v) is 16.2. The van der Waals surface area contributed by atoms with Crippen molar-refractivity contribution in [3.8, 4) is 0 Å². The van der Waals surface area contributed by atoms with Gasteiger partial charge in [0.2, 0.25) is 0 Å². The molecule has 0 spiro atoms. The summed E-state index contributed by atoms with van der Waals surface area (Å²) < 4.78 is 32.7. The topological polar surface area (TPSA) is 63.5 Å². The predicted octanol–water partition coefficient (Wildman–Crippen LogP) is 3.42. The van der Waals surface area contributed by atoms with E-state index in [4.69, 9.17) is 4.74 Å². The van der Waals surface area contributed by atoms with Crippen molar-refractivity contribution in [3.63, 3.8) is 0 Å². The van der Waals surface area contributed by atoms with Gasteiger partial charge in [0, 0.05) is 38.5 Å². The van der Waals surface area contributed by atoms with Crippen LogP contribution in [0.5, 0.6) is 0 Å². The third kappa shape index (κ3) is 5.07. The van der Waals surface area contributed by atoms with Crippen LogP contribution in [0.4, 0.5) is 8.78 Å². The van der Waals surface area contributed by atoms with Crippen molar-refractivity contribution in [1.29, 1.82) is 0 Å². The number of nitrogens with one attached hydrogen (secondary N) is 2. The molecule has 1 aliphatic rings. The van der Waals surface area contributed by atoms with E-state index in [0.717, 1.165) is 24.0 Å². The summed E-state index contributed by atoms with van der Waals surface area (Å²) >= 11 is 0. The maximum Gasteiger partial charge on any atom is 0.319 e.